The van der Waals surface area contributed by atoms with Crippen molar-refractivity contribution in [3.8, 4) is 22.3 Å². The van der Waals surface area contributed by atoms with Gasteiger partial charge in [-0.3, -0.25) is 0 Å². The van der Waals surface area contributed by atoms with Crippen LogP contribution in [-0.4, -0.2) is 0 Å². The number of hydrogen-bond donors (Lipinski definition) is 0. The first-order valence-corrected chi connectivity index (χ1v) is 25.2. The van der Waals surface area contributed by atoms with Crippen molar-refractivity contribution in [3.05, 3.63) is 162 Å². The fourth-order valence-corrected chi connectivity index (χ4v) is 16.4. The van der Waals surface area contributed by atoms with Gasteiger partial charge in [0.25, 0.3) is 0 Å². The summed E-state index contributed by atoms with van der Waals surface area (Å²) < 4.78 is 0.943. The Morgan fingerprint density at radius 2 is 0.912 bits per heavy atom. The Balaban J connectivity index is 0.00000275. The van der Waals surface area contributed by atoms with E-state index in [9.17, 15) is 0 Å². The molecule has 4 atom stereocenters. The maximum atomic E-state index is 2.61. The molecule has 0 saturated carbocycles. The van der Waals surface area contributed by atoms with Gasteiger partial charge in [0.15, 0.2) is 0 Å². The molecule has 6 aromatic rings. The minimum Gasteiger partial charge on any atom is -1.00 e. The van der Waals surface area contributed by atoms with Crippen LogP contribution in [0.2, 0.25) is 0 Å². The Labute approximate surface area is 374 Å². The Hall–Kier alpha value is -2.78. The van der Waals surface area contributed by atoms with Gasteiger partial charge in [0, 0.05) is 0 Å². The van der Waals surface area contributed by atoms with Gasteiger partial charge in [-0.05, 0) is 0 Å². The summed E-state index contributed by atoms with van der Waals surface area (Å²) in [4.78, 5) is 5.97. The van der Waals surface area contributed by atoms with Crippen molar-refractivity contribution in [1.82, 2.24) is 0 Å². The fraction of sp³-hybridized carbons (Fsp3) is 0.308. The van der Waals surface area contributed by atoms with Crippen LogP contribution in [0.15, 0.2) is 109 Å². The van der Waals surface area contributed by atoms with E-state index in [0.29, 0.717) is 19.1 Å². The Kier molecular flexibility index (Phi) is 15.0. The smallest absolute Gasteiger partial charge is 1.00 e. The van der Waals surface area contributed by atoms with Crippen LogP contribution in [0.3, 0.4) is 0 Å². The molecule has 2 aliphatic carbocycles. The average Bonchev–Trinajstić information content (AvgIpc) is 4.04. The molecule has 0 aliphatic heterocycles. The standard InChI is InChI=1S/2C26H27S.2ClH.Zr/c2*1-4-7-23-14-15-26(27-23)22-16-21-8-6-9-24(25(21)17-22)20-12-10-19(11-13-20)18(3)5-2;;;/h2*6,8-18H,4-5,7H2,1-3H3;2*1H;/q;;;;+2/p-2. The third-order valence-corrected chi connectivity index (χ3v) is 19.2. The zero-order valence-corrected chi connectivity index (χ0v) is 39.8. The van der Waals surface area contributed by atoms with Gasteiger partial charge in [-0.15, -0.1) is 0 Å². The number of allylic oxidation sites excluding steroid dienone is 2. The quantitative estimate of drug-likeness (QED) is 0.102. The second-order valence-corrected chi connectivity index (χ2v) is 21.7. The van der Waals surface area contributed by atoms with E-state index in [1.807, 2.05) is 22.7 Å². The summed E-state index contributed by atoms with van der Waals surface area (Å²) in [6.45, 7) is 13.9. The summed E-state index contributed by atoms with van der Waals surface area (Å²) in [6.07, 6.45) is 12.2. The average molecular weight is 905 g/mol. The monoisotopic (exact) mass is 902 g/mol. The number of aryl methyl sites for hydroxylation is 2. The summed E-state index contributed by atoms with van der Waals surface area (Å²) in [6, 6.07) is 43.0. The molecule has 2 aliphatic rings. The van der Waals surface area contributed by atoms with Gasteiger partial charge in [0.1, 0.15) is 0 Å². The van der Waals surface area contributed by atoms with Crippen LogP contribution in [-0.2, 0) is 36.1 Å². The van der Waals surface area contributed by atoms with Crippen molar-refractivity contribution in [3.63, 3.8) is 0 Å². The molecule has 57 heavy (non-hydrogen) atoms. The van der Waals surface area contributed by atoms with Gasteiger partial charge >= 0.3 is 353 Å². The van der Waals surface area contributed by atoms with E-state index >= 15 is 0 Å². The predicted octanol–water partition coefficient (Wildman–Crippen LogP) is 10.1. The molecule has 4 unspecified atom stereocenters. The molecule has 2 heterocycles. The maximum Gasteiger partial charge on any atom is -1.00 e. The van der Waals surface area contributed by atoms with Crippen molar-refractivity contribution >= 4 is 46.0 Å². The molecule has 0 amide bonds. The normalized spacial score (nSPS) is 16.4. The molecule has 0 spiro atoms. The van der Waals surface area contributed by atoms with E-state index in [1.54, 1.807) is 22.3 Å². The molecular formula is C52H54Cl2S2Zr. The van der Waals surface area contributed by atoms with Crippen molar-refractivity contribution in [1.29, 1.82) is 0 Å². The zero-order chi connectivity index (χ0) is 38.1. The van der Waals surface area contributed by atoms with Crippen LogP contribution >= 0.6 is 22.7 Å². The van der Waals surface area contributed by atoms with E-state index < -0.39 is 23.2 Å². The topological polar surface area (TPSA) is 0 Å². The summed E-state index contributed by atoms with van der Waals surface area (Å²) in [5, 5.41) is 0. The summed E-state index contributed by atoms with van der Waals surface area (Å²) in [5.41, 5.74) is 17.4. The van der Waals surface area contributed by atoms with Crippen LogP contribution < -0.4 is 24.8 Å². The van der Waals surface area contributed by atoms with Crippen molar-refractivity contribution < 1.29 is 48.0 Å². The molecule has 0 saturated heterocycles. The third kappa shape index (κ3) is 8.91. The number of fused-ring (bicyclic) bond motifs is 2. The summed E-state index contributed by atoms with van der Waals surface area (Å²) in [7, 11) is 0. The predicted molar refractivity (Wildman–Crippen MR) is 239 cm³/mol. The molecule has 8 rings (SSSR count). The molecule has 0 N–H and O–H groups in total. The molecule has 0 radical (unpaired) electrons. The van der Waals surface area contributed by atoms with Crippen LogP contribution in [0.4, 0.5) is 0 Å². The first-order chi connectivity index (χ1) is 26.9. The second kappa shape index (κ2) is 19.5. The van der Waals surface area contributed by atoms with E-state index in [4.69, 9.17) is 0 Å². The maximum absolute atomic E-state index is 2.61. The Morgan fingerprint density at radius 1 is 0.509 bits per heavy atom. The minimum atomic E-state index is -1.21. The summed E-state index contributed by atoms with van der Waals surface area (Å²) >= 11 is 2.87. The van der Waals surface area contributed by atoms with Gasteiger partial charge in [-0.25, -0.2) is 0 Å². The second-order valence-electron chi connectivity index (χ2n) is 15.7. The number of halogens is 2. The Morgan fingerprint density at radius 3 is 1.28 bits per heavy atom. The fourth-order valence-electron chi connectivity index (χ4n) is 8.54. The summed E-state index contributed by atoms with van der Waals surface area (Å²) in [5.74, 6) is 1.16. The number of hydrogen-bond acceptors (Lipinski definition) is 2. The van der Waals surface area contributed by atoms with Crippen LogP contribution in [0.1, 0.15) is 139 Å². The van der Waals surface area contributed by atoms with Crippen molar-refractivity contribution in [2.24, 2.45) is 0 Å². The first-order valence-electron chi connectivity index (χ1n) is 20.7. The Bertz CT molecular complexity index is 2180. The zero-order valence-electron chi connectivity index (χ0n) is 34.2. The molecule has 2 aromatic heterocycles. The van der Waals surface area contributed by atoms with E-state index in [1.165, 1.54) is 89.7 Å². The molecule has 4 aromatic carbocycles. The number of benzene rings is 4. The van der Waals surface area contributed by atoms with Gasteiger partial charge in [0.05, 0.1) is 0 Å². The molecule has 292 valence electrons. The van der Waals surface area contributed by atoms with Crippen molar-refractivity contribution in [2.45, 2.75) is 99.2 Å². The van der Waals surface area contributed by atoms with Crippen LogP contribution in [0, 0.1) is 0 Å². The minimum absolute atomic E-state index is 0. The number of thiophene rings is 2. The van der Waals surface area contributed by atoms with Gasteiger partial charge in [0.2, 0.25) is 0 Å². The van der Waals surface area contributed by atoms with E-state index in [2.05, 4.69) is 163 Å². The molecule has 5 heteroatoms. The SMILES string of the molecule is CCCc1ccc(C2=Cc3c(-c4ccc(C(C)CC)cc4)cccc3[CH]2[Zr+2][CH]2C(c3ccc(CCC)s3)=Cc3c(-c4ccc(C(C)CC)cc4)cccc32)s1.[Cl-].[Cl-]. The molecule has 0 bridgehead atoms. The molecule has 0 nitrogen and oxygen atoms in total. The van der Waals surface area contributed by atoms with Crippen LogP contribution in [0.5, 0.6) is 0 Å². The largest absolute Gasteiger partial charge is 1.00 e. The van der Waals surface area contributed by atoms with E-state index in [-0.39, 0.29) is 24.8 Å². The molecule has 0 fully saturated rings. The number of rotatable bonds is 14. The van der Waals surface area contributed by atoms with Gasteiger partial charge in [-0.1, -0.05) is 0 Å². The third-order valence-electron chi connectivity index (χ3n) is 12.1. The first kappa shape index (κ1) is 43.8. The van der Waals surface area contributed by atoms with Gasteiger partial charge in [-0.2, -0.15) is 0 Å². The molecular weight excluding hydrogens is 851 g/mol. The van der Waals surface area contributed by atoms with Crippen LogP contribution in [0.25, 0.3) is 45.6 Å². The van der Waals surface area contributed by atoms with Gasteiger partial charge < -0.3 is 24.8 Å². The van der Waals surface area contributed by atoms with Crippen molar-refractivity contribution in [2.75, 3.05) is 0 Å². The van der Waals surface area contributed by atoms with E-state index in [0.717, 1.165) is 12.8 Å².